The summed E-state index contributed by atoms with van der Waals surface area (Å²) in [5.41, 5.74) is -0.390. The van der Waals surface area contributed by atoms with E-state index in [1.807, 2.05) is 0 Å². The third kappa shape index (κ3) is 6.34. The van der Waals surface area contributed by atoms with E-state index >= 15 is 0 Å². The van der Waals surface area contributed by atoms with Crippen LogP contribution in [-0.2, 0) is 43.4 Å². The van der Waals surface area contributed by atoms with Crippen LogP contribution in [0, 0.1) is 52.3 Å². The Morgan fingerprint density at radius 3 is 2.29 bits per heavy atom. The maximum absolute atomic E-state index is 12.7. The summed E-state index contributed by atoms with van der Waals surface area (Å²) in [7, 11) is 0. The molecule has 1 unspecified atom stereocenters. The summed E-state index contributed by atoms with van der Waals surface area (Å²) >= 11 is 0. The second kappa shape index (κ2) is 13.8. The minimum absolute atomic E-state index is 0.102. The highest BCUT2D eigenvalue weighted by Crippen LogP contribution is 2.70. The molecule has 10 nitrogen and oxygen atoms in total. The lowest BCUT2D eigenvalue weighted by molar-refractivity contribution is -0.671. The van der Waals surface area contributed by atoms with Gasteiger partial charge in [0, 0.05) is 63.3 Å². The highest BCUT2D eigenvalue weighted by atomic mass is 17.4. The number of amides is 1. The average molecular weight is 676 g/mol. The van der Waals surface area contributed by atoms with Crippen LogP contribution in [0.1, 0.15) is 138 Å². The molecule has 6 fully saturated rings. The van der Waals surface area contributed by atoms with Crippen LogP contribution in [0.2, 0.25) is 0 Å². The first-order chi connectivity index (χ1) is 22.8. The van der Waals surface area contributed by atoms with Crippen molar-refractivity contribution < 1.29 is 43.4 Å². The lowest BCUT2D eigenvalue weighted by atomic mass is 9.42. The molecule has 1 amide bonds. The van der Waals surface area contributed by atoms with E-state index in [2.05, 4.69) is 39.9 Å². The Kier molecular flexibility index (Phi) is 10.3. The molecule has 0 radical (unpaired) electrons. The second-order valence-electron chi connectivity index (χ2n) is 17.0. The molecule has 0 aromatic heterocycles. The van der Waals surface area contributed by atoms with Gasteiger partial charge in [0.05, 0.1) is 0 Å². The molecule has 6 rings (SSSR count). The highest BCUT2D eigenvalue weighted by Gasteiger charge is 2.69. The molecule has 11 atom stereocenters. The molecule has 5 aliphatic carbocycles. The molecule has 272 valence electrons. The van der Waals surface area contributed by atoms with Gasteiger partial charge in [0.1, 0.15) is 12.2 Å². The van der Waals surface area contributed by atoms with Crippen molar-refractivity contribution in [3.8, 4) is 0 Å². The standard InChI is InChI=1S/C38H61NO9/c1-8-19-39-33(42)15-12-23(2)28-13-14-29-34-30(21-32(36(28,29)7)44-26(5)41)35(6)17-18-37(22-27(35)20-31(34)43-25(4)40)45-47-38(48-46-37)16-10-9-11-24(38)3/h23-24,27-32,34H,8-22H2,1-7H3,(H,39,42)/t23-,24?,27-,28-,29+,30+,31-,32+,34+,35+,36-,37?,38?/m1/s1. The lowest BCUT2D eigenvalue weighted by Gasteiger charge is -2.65. The predicted octanol–water partition coefficient (Wildman–Crippen LogP) is 7.18. The summed E-state index contributed by atoms with van der Waals surface area (Å²) in [6, 6.07) is 0. The van der Waals surface area contributed by atoms with Crippen LogP contribution in [0.5, 0.6) is 0 Å². The van der Waals surface area contributed by atoms with Gasteiger partial charge in [-0.1, -0.05) is 41.0 Å². The first-order valence-corrected chi connectivity index (χ1v) is 19.1. The zero-order chi connectivity index (χ0) is 34.5. The summed E-state index contributed by atoms with van der Waals surface area (Å²) in [5, 5.41) is 3.02. The van der Waals surface area contributed by atoms with Crippen molar-refractivity contribution in [2.24, 2.45) is 52.3 Å². The summed E-state index contributed by atoms with van der Waals surface area (Å²) < 4.78 is 12.6. The predicted molar refractivity (Wildman–Crippen MR) is 176 cm³/mol. The number of rotatable bonds is 8. The molecule has 1 N–H and O–H groups in total. The number of esters is 2. The Hall–Kier alpha value is -1.75. The number of fused-ring (bicyclic) bond motifs is 5. The Labute approximate surface area is 287 Å². The van der Waals surface area contributed by atoms with Crippen molar-refractivity contribution in [1.29, 1.82) is 0 Å². The molecule has 0 bridgehead atoms. The second-order valence-corrected chi connectivity index (χ2v) is 17.0. The zero-order valence-corrected chi connectivity index (χ0v) is 30.5. The van der Waals surface area contributed by atoms with E-state index in [0.29, 0.717) is 25.8 Å². The van der Waals surface area contributed by atoms with Crippen molar-refractivity contribution in [2.75, 3.05) is 6.54 Å². The first kappa shape index (κ1) is 36.1. The molecular formula is C38H61NO9. The summed E-state index contributed by atoms with van der Waals surface area (Å²) in [6.45, 7) is 14.9. The van der Waals surface area contributed by atoms with Gasteiger partial charge in [0.25, 0.3) is 0 Å². The fourth-order valence-electron chi connectivity index (χ4n) is 11.7. The fraction of sp³-hybridized carbons (Fsp3) is 0.921. The van der Waals surface area contributed by atoms with E-state index in [9.17, 15) is 14.4 Å². The fourth-order valence-corrected chi connectivity index (χ4v) is 11.7. The monoisotopic (exact) mass is 675 g/mol. The highest BCUT2D eigenvalue weighted by molar-refractivity contribution is 5.75. The van der Waals surface area contributed by atoms with Crippen LogP contribution in [0.15, 0.2) is 0 Å². The SMILES string of the molecule is CCCNC(=O)CC[C@@H](C)[C@H]1CC[C@H]2[C@@H]3[C@H](OC(C)=O)C[C@@H]4CC5(CC[C@]4(C)[C@H]3C[C@H](OC(C)=O)[C@]12C)OOC1(CCCCC1C)OO5. The molecule has 0 aromatic rings. The number of carbonyl (C=O) groups is 3. The molecule has 2 spiro atoms. The molecule has 0 aromatic carbocycles. The number of hydrogen-bond donors (Lipinski definition) is 1. The maximum Gasteiger partial charge on any atom is 0.302 e. The average Bonchev–Trinajstić information content (AvgIpc) is 3.40. The summed E-state index contributed by atoms with van der Waals surface area (Å²) in [5.74, 6) is -0.842. The third-order valence-corrected chi connectivity index (χ3v) is 14.3. The summed E-state index contributed by atoms with van der Waals surface area (Å²) in [4.78, 5) is 62.6. The first-order valence-electron chi connectivity index (χ1n) is 19.1. The van der Waals surface area contributed by atoms with Gasteiger partial charge in [-0.3, -0.25) is 14.4 Å². The molecule has 10 heteroatoms. The number of hydrogen-bond acceptors (Lipinski definition) is 9. The van der Waals surface area contributed by atoms with Crippen LogP contribution < -0.4 is 5.32 Å². The largest absolute Gasteiger partial charge is 0.462 e. The number of nitrogens with one attached hydrogen (secondary N) is 1. The van der Waals surface area contributed by atoms with Gasteiger partial charge in [-0.05, 0) is 92.8 Å². The van der Waals surface area contributed by atoms with Crippen molar-refractivity contribution in [2.45, 2.75) is 162 Å². The molecule has 5 saturated carbocycles. The Balaban J connectivity index is 1.25. The third-order valence-electron chi connectivity index (χ3n) is 14.3. The quantitative estimate of drug-likeness (QED) is 0.211. The van der Waals surface area contributed by atoms with E-state index in [1.165, 1.54) is 13.8 Å². The normalized spacial score (nSPS) is 45.8. The van der Waals surface area contributed by atoms with E-state index < -0.39 is 11.6 Å². The molecule has 6 aliphatic rings. The minimum Gasteiger partial charge on any atom is -0.462 e. The van der Waals surface area contributed by atoms with E-state index in [-0.39, 0.29) is 82.3 Å². The number of ether oxygens (including phenoxy) is 2. The Morgan fingerprint density at radius 1 is 0.896 bits per heavy atom. The molecular weight excluding hydrogens is 614 g/mol. The molecule has 1 saturated heterocycles. The van der Waals surface area contributed by atoms with Crippen LogP contribution in [0.4, 0.5) is 0 Å². The number of carbonyl (C=O) groups excluding carboxylic acids is 3. The Morgan fingerprint density at radius 2 is 1.62 bits per heavy atom. The van der Waals surface area contributed by atoms with E-state index in [1.54, 1.807) is 0 Å². The van der Waals surface area contributed by atoms with Crippen molar-refractivity contribution in [3.05, 3.63) is 0 Å². The van der Waals surface area contributed by atoms with Crippen molar-refractivity contribution >= 4 is 17.8 Å². The van der Waals surface area contributed by atoms with Gasteiger partial charge in [-0.25, -0.2) is 0 Å². The molecule has 48 heavy (non-hydrogen) atoms. The zero-order valence-electron chi connectivity index (χ0n) is 30.5. The van der Waals surface area contributed by atoms with Crippen molar-refractivity contribution in [1.82, 2.24) is 5.32 Å². The van der Waals surface area contributed by atoms with Gasteiger partial charge in [-0.15, -0.1) is 0 Å². The minimum atomic E-state index is -1.00. The smallest absolute Gasteiger partial charge is 0.302 e. The van der Waals surface area contributed by atoms with Crippen molar-refractivity contribution in [3.63, 3.8) is 0 Å². The van der Waals surface area contributed by atoms with Gasteiger partial charge in [0.15, 0.2) is 0 Å². The Bertz CT molecular complexity index is 1200. The molecule has 1 heterocycles. The summed E-state index contributed by atoms with van der Waals surface area (Å²) in [6.07, 6.45) is 11.1. The van der Waals surface area contributed by atoms with Crippen LogP contribution in [-0.4, -0.2) is 48.2 Å². The maximum atomic E-state index is 12.7. The van der Waals surface area contributed by atoms with E-state index in [4.69, 9.17) is 29.0 Å². The topological polar surface area (TPSA) is 119 Å². The van der Waals surface area contributed by atoms with Crippen LogP contribution in [0.3, 0.4) is 0 Å². The van der Waals surface area contributed by atoms with Gasteiger partial charge < -0.3 is 14.8 Å². The van der Waals surface area contributed by atoms with Gasteiger partial charge in [-0.2, -0.15) is 19.6 Å². The van der Waals surface area contributed by atoms with Crippen LogP contribution >= 0.6 is 0 Å². The molecule has 1 aliphatic heterocycles. The van der Waals surface area contributed by atoms with Gasteiger partial charge in [0.2, 0.25) is 17.5 Å². The van der Waals surface area contributed by atoms with Crippen LogP contribution in [0.25, 0.3) is 0 Å². The van der Waals surface area contributed by atoms with E-state index in [0.717, 1.165) is 70.6 Å². The van der Waals surface area contributed by atoms with Gasteiger partial charge >= 0.3 is 11.9 Å². The lowest BCUT2D eigenvalue weighted by Crippen LogP contribution is -2.65.